The van der Waals surface area contributed by atoms with E-state index in [9.17, 15) is 9.59 Å². The first-order valence-electron chi connectivity index (χ1n) is 7.17. The minimum Gasteiger partial charge on any atom is -0.480 e. The van der Waals surface area contributed by atoms with Gasteiger partial charge in [-0.05, 0) is 23.7 Å². The van der Waals surface area contributed by atoms with E-state index < -0.39 is 24.0 Å². The number of hydrogen-bond acceptors (Lipinski definition) is 3. The molecule has 0 heterocycles. The largest absolute Gasteiger partial charge is 0.480 e. The van der Waals surface area contributed by atoms with Gasteiger partial charge in [0.15, 0.2) is 0 Å². The summed E-state index contributed by atoms with van der Waals surface area (Å²) in [4.78, 5) is 23.2. The molecule has 0 unspecified atom stereocenters. The van der Waals surface area contributed by atoms with Gasteiger partial charge >= 0.3 is 5.97 Å². The van der Waals surface area contributed by atoms with Gasteiger partial charge in [-0.25, -0.2) is 4.79 Å². The van der Waals surface area contributed by atoms with Crippen molar-refractivity contribution in [2.24, 2.45) is 16.6 Å². The molecule has 0 saturated carbocycles. The number of aliphatic carboxylic acids is 1. The second kappa shape index (κ2) is 7.84. The Hall–Kier alpha value is -0.810. The average molecular weight is 310 g/mol. The zero-order chi connectivity index (χ0) is 16.1. The van der Waals surface area contributed by atoms with Crippen molar-refractivity contribution in [1.29, 1.82) is 0 Å². The molecule has 5 nitrogen and oxygen atoms in total. The third-order valence-corrected chi connectivity index (χ3v) is 2.54. The first-order chi connectivity index (χ1) is 8.88. The summed E-state index contributed by atoms with van der Waals surface area (Å²) in [5, 5.41) is 11.7. The molecule has 0 aliphatic carbocycles. The highest BCUT2D eigenvalue weighted by Crippen LogP contribution is 2.22. The highest BCUT2D eigenvalue weighted by Gasteiger charge is 2.29. The lowest BCUT2D eigenvalue weighted by Crippen LogP contribution is -2.50. The van der Waals surface area contributed by atoms with Gasteiger partial charge in [-0.2, -0.15) is 0 Å². The molecule has 0 spiro atoms. The smallest absolute Gasteiger partial charge is 0.326 e. The second-order valence-corrected chi connectivity index (χ2v) is 7.14. The number of halogens is 1. The van der Waals surface area contributed by atoms with Crippen LogP contribution in [0, 0.1) is 10.8 Å². The van der Waals surface area contributed by atoms with E-state index in [-0.39, 0.29) is 30.1 Å². The Morgan fingerprint density at radius 3 is 2.05 bits per heavy atom. The first-order valence-corrected chi connectivity index (χ1v) is 6.46. The Morgan fingerprint density at radius 2 is 1.70 bits per heavy atom. The molecule has 0 aromatic carbocycles. The van der Waals surface area contributed by atoms with Crippen molar-refractivity contribution in [2.75, 3.05) is 0 Å². The Labute approximate surface area is 129 Å². The van der Waals surface area contributed by atoms with Crippen molar-refractivity contribution in [2.45, 2.75) is 66.4 Å². The van der Waals surface area contributed by atoms with Crippen LogP contribution in [0.1, 0.15) is 55.7 Å². The summed E-state index contributed by atoms with van der Waals surface area (Å²) in [6.07, 6.45) is 0.687. The van der Waals surface area contributed by atoms with Crippen molar-refractivity contribution in [3.05, 3.63) is 0 Å². The van der Waals surface area contributed by atoms with Gasteiger partial charge in [0, 0.05) is 1.37 Å². The van der Waals surface area contributed by atoms with Crippen LogP contribution in [0.3, 0.4) is 0 Å². The van der Waals surface area contributed by atoms with Crippen LogP contribution in [0.4, 0.5) is 0 Å². The Kier molecular flexibility index (Phi) is 7.52. The molecule has 0 aliphatic heterocycles. The summed E-state index contributed by atoms with van der Waals surface area (Å²) in [5.41, 5.74) is 5.23. The number of carboxylic acid groups (broad SMARTS) is 1. The summed E-state index contributed by atoms with van der Waals surface area (Å²) >= 11 is 0. The zero-order valence-electron chi connectivity index (χ0n) is 14.0. The van der Waals surface area contributed by atoms with Gasteiger partial charge in [-0.1, -0.05) is 41.5 Å². The number of hydrogen-bond donors (Lipinski definition) is 3. The van der Waals surface area contributed by atoms with Crippen molar-refractivity contribution in [3.63, 3.8) is 0 Å². The lowest BCUT2D eigenvalue weighted by atomic mass is 9.86. The summed E-state index contributed by atoms with van der Waals surface area (Å²) in [5.74, 6) is -1.52. The van der Waals surface area contributed by atoms with Crippen LogP contribution in [0.2, 0.25) is 0 Å². The molecule has 0 rings (SSSR count). The molecule has 120 valence electrons. The number of nitrogens with one attached hydrogen (secondary N) is 1. The van der Waals surface area contributed by atoms with Crippen LogP contribution in [-0.2, 0) is 9.59 Å². The number of amides is 1. The highest BCUT2D eigenvalue weighted by atomic mass is 35.5. The van der Waals surface area contributed by atoms with Gasteiger partial charge in [0.25, 0.3) is 0 Å². The Morgan fingerprint density at radius 1 is 1.20 bits per heavy atom. The molecular formula is C14H29ClN2O3. The fourth-order valence-electron chi connectivity index (χ4n) is 1.78. The number of carboxylic acids is 1. The summed E-state index contributed by atoms with van der Waals surface area (Å²) in [7, 11) is 0. The Bertz CT molecular complexity index is 357. The third kappa shape index (κ3) is 10.0. The van der Waals surface area contributed by atoms with Gasteiger partial charge in [0.05, 0.1) is 6.04 Å². The number of rotatable bonds is 5. The third-order valence-electron chi connectivity index (χ3n) is 2.54. The summed E-state index contributed by atoms with van der Waals surface area (Å²) in [6.45, 7) is 9.63. The standard InChI is InChI=1S/C14H28N2O3.ClH/c1-13(2,3)7-9(15)11(17)16-10(12(18)19)8-14(4,5)6;/h9-10H,7-8,15H2,1-6H3,(H,16,17)(H,18,19);1H/t9-,10-;/m0./s1/i1D;. The molecule has 1 amide bonds. The van der Waals surface area contributed by atoms with Crippen molar-refractivity contribution in [3.8, 4) is 0 Å². The molecule has 4 N–H and O–H groups in total. The van der Waals surface area contributed by atoms with E-state index in [0.29, 0.717) is 12.8 Å². The zero-order valence-corrected chi connectivity index (χ0v) is 13.8. The average Bonchev–Trinajstić information content (AvgIpc) is 2.25. The summed E-state index contributed by atoms with van der Waals surface area (Å²) < 4.78 is 7.39. The predicted molar refractivity (Wildman–Crippen MR) is 82.9 cm³/mol. The van der Waals surface area contributed by atoms with Crippen LogP contribution in [-0.4, -0.2) is 29.1 Å². The minimum atomic E-state index is -1.06. The molecule has 20 heavy (non-hydrogen) atoms. The quantitative estimate of drug-likeness (QED) is 0.725. The highest BCUT2D eigenvalue weighted by molar-refractivity contribution is 5.86. The maximum Gasteiger partial charge on any atom is 0.326 e. The van der Waals surface area contributed by atoms with Crippen LogP contribution in [0.15, 0.2) is 0 Å². The first kappa shape index (κ1) is 19.2. The van der Waals surface area contributed by atoms with E-state index in [1.165, 1.54) is 0 Å². The van der Waals surface area contributed by atoms with E-state index in [2.05, 4.69) is 5.32 Å². The SMILES string of the molecule is Cl.[2H]CC(C)(C)C[C@H](N)C(=O)N[C@@H](CC(C)(C)C)C(=O)O. The van der Waals surface area contributed by atoms with E-state index >= 15 is 0 Å². The Balaban J connectivity index is 0. The van der Waals surface area contributed by atoms with Gasteiger partial charge in [-0.15, -0.1) is 12.4 Å². The number of nitrogens with two attached hydrogens (primary N) is 1. The number of carbonyl (C=O) groups excluding carboxylic acids is 1. The minimum absolute atomic E-state index is 0. The fraction of sp³-hybridized carbons (Fsp3) is 0.857. The van der Waals surface area contributed by atoms with E-state index in [4.69, 9.17) is 12.2 Å². The van der Waals surface area contributed by atoms with Crippen molar-refractivity contribution in [1.82, 2.24) is 5.32 Å². The van der Waals surface area contributed by atoms with Gasteiger partial charge < -0.3 is 16.2 Å². The van der Waals surface area contributed by atoms with E-state index in [0.717, 1.165) is 0 Å². The van der Waals surface area contributed by atoms with Crippen LogP contribution >= 0.6 is 12.4 Å². The van der Waals surface area contributed by atoms with Crippen LogP contribution < -0.4 is 11.1 Å². The molecular weight excluding hydrogens is 280 g/mol. The van der Waals surface area contributed by atoms with Crippen LogP contribution in [0.5, 0.6) is 0 Å². The molecule has 0 bridgehead atoms. The van der Waals surface area contributed by atoms with E-state index in [1.54, 1.807) is 0 Å². The van der Waals surface area contributed by atoms with Gasteiger partial charge in [-0.3, -0.25) is 4.79 Å². The molecule has 0 fully saturated rings. The molecule has 0 aliphatic rings. The molecule has 2 atom stereocenters. The van der Waals surface area contributed by atoms with Gasteiger partial charge in [0.1, 0.15) is 6.04 Å². The number of carbonyl (C=O) groups is 2. The lowest BCUT2D eigenvalue weighted by Gasteiger charge is -2.27. The maximum absolute atomic E-state index is 12.0. The predicted octanol–water partition coefficient (Wildman–Crippen LogP) is 2.18. The molecule has 0 radical (unpaired) electrons. The fourth-order valence-corrected chi connectivity index (χ4v) is 1.78. The molecule has 6 heteroatoms. The second-order valence-electron chi connectivity index (χ2n) is 7.14. The van der Waals surface area contributed by atoms with Crippen LogP contribution in [0.25, 0.3) is 0 Å². The maximum atomic E-state index is 12.0. The lowest BCUT2D eigenvalue weighted by molar-refractivity contribution is -0.143. The van der Waals surface area contributed by atoms with Crippen molar-refractivity contribution >= 4 is 24.3 Å². The van der Waals surface area contributed by atoms with Gasteiger partial charge in [0.2, 0.25) is 5.91 Å². The monoisotopic (exact) mass is 309 g/mol. The molecule has 0 aromatic rings. The normalized spacial score (nSPS) is 15.6. The van der Waals surface area contributed by atoms with E-state index in [1.807, 2.05) is 34.6 Å². The topological polar surface area (TPSA) is 92.4 Å². The molecule has 0 aromatic heterocycles. The molecule has 0 saturated heterocycles. The van der Waals surface area contributed by atoms with Crippen molar-refractivity contribution < 1.29 is 16.1 Å². The summed E-state index contributed by atoms with van der Waals surface area (Å²) in [6, 6.07) is -1.73.